The van der Waals surface area contributed by atoms with Crippen molar-refractivity contribution in [2.75, 3.05) is 13.2 Å². The average Bonchev–Trinajstić information content (AvgIpc) is 2.99. The molecule has 1 unspecified atom stereocenters. The number of amides is 1. The van der Waals surface area contributed by atoms with Gasteiger partial charge in [0.05, 0.1) is 0 Å². The van der Waals surface area contributed by atoms with Crippen molar-refractivity contribution < 1.29 is 19.4 Å². The van der Waals surface area contributed by atoms with Crippen LogP contribution in [0.1, 0.15) is 49.9 Å². The van der Waals surface area contributed by atoms with Crippen molar-refractivity contribution >= 4 is 11.9 Å². The Hall–Kier alpha value is -2.04. The minimum atomic E-state index is -1.03. The van der Waals surface area contributed by atoms with Gasteiger partial charge < -0.3 is 14.7 Å². The van der Waals surface area contributed by atoms with Crippen LogP contribution in [0.2, 0.25) is 0 Å². The predicted octanol–water partition coefficient (Wildman–Crippen LogP) is 3.19. The fraction of sp³-hybridized carbons (Fsp3) is 0.556. The van der Waals surface area contributed by atoms with Crippen molar-refractivity contribution in [3.63, 3.8) is 0 Å². The maximum absolute atomic E-state index is 12.7. The van der Waals surface area contributed by atoms with E-state index in [9.17, 15) is 9.59 Å². The second kappa shape index (κ2) is 7.99. The van der Waals surface area contributed by atoms with Crippen molar-refractivity contribution in [1.82, 2.24) is 4.90 Å². The Kier molecular flexibility index (Phi) is 6.02. The molecule has 1 aromatic rings. The normalized spacial score (nSPS) is 17.5. The molecule has 1 atom stereocenters. The molecule has 0 bridgehead atoms. The van der Waals surface area contributed by atoms with Crippen LogP contribution >= 0.6 is 0 Å². The van der Waals surface area contributed by atoms with Gasteiger partial charge in [0.15, 0.2) is 6.61 Å². The highest BCUT2D eigenvalue weighted by Gasteiger charge is 2.29. The molecule has 1 aromatic carbocycles. The predicted molar refractivity (Wildman–Crippen MR) is 87.7 cm³/mol. The van der Waals surface area contributed by atoms with Gasteiger partial charge in [-0.2, -0.15) is 0 Å². The van der Waals surface area contributed by atoms with Gasteiger partial charge in [-0.25, -0.2) is 4.79 Å². The Morgan fingerprint density at radius 2 is 2.17 bits per heavy atom. The first kappa shape index (κ1) is 17.3. The van der Waals surface area contributed by atoms with Crippen LogP contribution in [0.5, 0.6) is 5.75 Å². The summed E-state index contributed by atoms with van der Waals surface area (Å²) in [4.78, 5) is 25.3. The number of carboxylic acid groups (broad SMARTS) is 1. The van der Waals surface area contributed by atoms with E-state index in [1.807, 2.05) is 4.90 Å². The Bertz CT molecular complexity index is 556. The van der Waals surface area contributed by atoms with Gasteiger partial charge in [-0.3, -0.25) is 4.79 Å². The zero-order chi connectivity index (χ0) is 16.8. The van der Waals surface area contributed by atoms with Crippen molar-refractivity contribution in [3.8, 4) is 5.75 Å². The van der Waals surface area contributed by atoms with Crippen LogP contribution in [0.4, 0.5) is 0 Å². The second-order valence-corrected chi connectivity index (χ2v) is 6.48. The summed E-state index contributed by atoms with van der Waals surface area (Å²) in [5.41, 5.74) is 0.560. The van der Waals surface area contributed by atoms with E-state index >= 15 is 0 Å². The van der Waals surface area contributed by atoms with E-state index in [4.69, 9.17) is 9.84 Å². The molecule has 0 aliphatic carbocycles. The largest absolute Gasteiger partial charge is 0.482 e. The van der Waals surface area contributed by atoms with Crippen molar-refractivity contribution in [2.45, 2.75) is 45.6 Å². The van der Waals surface area contributed by atoms with E-state index in [1.165, 1.54) is 0 Å². The summed E-state index contributed by atoms with van der Waals surface area (Å²) in [6.07, 6.45) is 4.27. The quantitative estimate of drug-likeness (QED) is 0.838. The molecule has 1 aliphatic heterocycles. The van der Waals surface area contributed by atoms with Crippen LogP contribution in [0.25, 0.3) is 0 Å². The highest BCUT2D eigenvalue weighted by Crippen LogP contribution is 2.26. The maximum atomic E-state index is 12.7. The molecule has 1 aliphatic rings. The molecular weight excluding hydrogens is 294 g/mol. The van der Waals surface area contributed by atoms with Gasteiger partial charge in [0, 0.05) is 18.2 Å². The Labute approximate surface area is 137 Å². The molecular formula is C18H25NO4. The lowest BCUT2D eigenvalue weighted by Crippen LogP contribution is -2.35. The van der Waals surface area contributed by atoms with Gasteiger partial charge in [-0.1, -0.05) is 19.9 Å². The minimum absolute atomic E-state index is 0.0111. The van der Waals surface area contributed by atoms with Crippen LogP contribution in [-0.2, 0) is 4.79 Å². The first-order valence-corrected chi connectivity index (χ1v) is 8.23. The first-order valence-electron chi connectivity index (χ1n) is 8.23. The van der Waals surface area contributed by atoms with Gasteiger partial charge in [0.25, 0.3) is 5.91 Å². The van der Waals surface area contributed by atoms with Gasteiger partial charge >= 0.3 is 5.97 Å². The third-order valence-electron chi connectivity index (χ3n) is 4.16. The summed E-state index contributed by atoms with van der Waals surface area (Å²) < 4.78 is 5.16. The minimum Gasteiger partial charge on any atom is -0.482 e. The average molecular weight is 319 g/mol. The lowest BCUT2D eigenvalue weighted by atomic mass is 10.0. The summed E-state index contributed by atoms with van der Waals surface area (Å²) in [6, 6.07) is 7.09. The topological polar surface area (TPSA) is 66.8 Å². The van der Waals surface area contributed by atoms with Crippen molar-refractivity contribution in [1.29, 1.82) is 0 Å². The number of rotatable bonds is 7. The summed E-state index contributed by atoms with van der Waals surface area (Å²) in [5.74, 6) is 0.0310. The first-order chi connectivity index (χ1) is 11.0. The maximum Gasteiger partial charge on any atom is 0.341 e. The zero-order valence-electron chi connectivity index (χ0n) is 13.8. The monoisotopic (exact) mass is 319 g/mol. The van der Waals surface area contributed by atoms with E-state index in [-0.39, 0.29) is 5.91 Å². The van der Waals surface area contributed by atoms with Crippen LogP contribution < -0.4 is 4.74 Å². The van der Waals surface area contributed by atoms with Crippen LogP contribution in [0.3, 0.4) is 0 Å². The van der Waals surface area contributed by atoms with Crippen molar-refractivity contribution in [3.05, 3.63) is 29.8 Å². The van der Waals surface area contributed by atoms with Crippen molar-refractivity contribution in [2.24, 2.45) is 5.92 Å². The fourth-order valence-corrected chi connectivity index (χ4v) is 2.96. The van der Waals surface area contributed by atoms with Gasteiger partial charge in [0.1, 0.15) is 5.75 Å². The number of hydrogen-bond acceptors (Lipinski definition) is 3. The number of aliphatic carboxylic acids is 1. The molecule has 126 valence electrons. The third-order valence-corrected chi connectivity index (χ3v) is 4.16. The number of benzene rings is 1. The molecule has 1 heterocycles. The molecule has 1 N–H and O–H groups in total. The Balaban J connectivity index is 2.03. The molecule has 0 aromatic heterocycles. The molecule has 5 heteroatoms. The number of carbonyl (C=O) groups is 2. The zero-order valence-corrected chi connectivity index (χ0v) is 13.8. The van der Waals surface area contributed by atoms with E-state index in [0.717, 1.165) is 32.2 Å². The van der Waals surface area contributed by atoms with E-state index in [1.54, 1.807) is 24.3 Å². The SMILES string of the molecule is CC(C)CCC1CCCN1C(=O)c1cccc(OCC(=O)O)c1. The highest BCUT2D eigenvalue weighted by atomic mass is 16.5. The molecule has 2 rings (SSSR count). The third kappa shape index (κ3) is 4.98. The summed E-state index contributed by atoms with van der Waals surface area (Å²) in [5, 5.41) is 8.66. The van der Waals surface area contributed by atoms with Crippen LogP contribution in [0.15, 0.2) is 24.3 Å². The number of hydrogen-bond donors (Lipinski definition) is 1. The summed E-state index contributed by atoms with van der Waals surface area (Å²) >= 11 is 0. The second-order valence-electron chi connectivity index (χ2n) is 6.48. The molecule has 1 fully saturated rings. The Morgan fingerprint density at radius 3 is 2.87 bits per heavy atom. The molecule has 1 amide bonds. The summed E-state index contributed by atoms with van der Waals surface area (Å²) in [6.45, 7) is 4.79. The highest BCUT2D eigenvalue weighted by molar-refractivity contribution is 5.95. The molecule has 0 spiro atoms. The summed E-state index contributed by atoms with van der Waals surface area (Å²) in [7, 11) is 0. The van der Waals surface area contributed by atoms with Gasteiger partial charge in [0.2, 0.25) is 0 Å². The van der Waals surface area contributed by atoms with E-state index in [2.05, 4.69) is 13.8 Å². The molecule has 1 saturated heterocycles. The smallest absolute Gasteiger partial charge is 0.341 e. The Morgan fingerprint density at radius 1 is 1.39 bits per heavy atom. The van der Waals surface area contributed by atoms with E-state index < -0.39 is 12.6 Å². The number of ether oxygens (including phenoxy) is 1. The number of carbonyl (C=O) groups excluding carboxylic acids is 1. The van der Waals surface area contributed by atoms with Crippen LogP contribution in [0, 0.1) is 5.92 Å². The molecule has 5 nitrogen and oxygen atoms in total. The van der Waals surface area contributed by atoms with E-state index in [0.29, 0.717) is 23.3 Å². The number of likely N-dealkylation sites (tertiary alicyclic amines) is 1. The number of carboxylic acids is 1. The van der Waals surface area contributed by atoms with Crippen LogP contribution in [-0.4, -0.2) is 41.1 Å². The molecule has 0 radical (unpaired) electrons. The lowest BCUT2D eigenvalue weighted by molar-refractivity contribution is -0.139. The molecule has 0 saturated carbocycles. The number of nitrogens with zero attached hydrogens (tertiary/aromatic N) is 1. The van der Waals surface area contributed by atoms with Gasteiger partial charge in [-0.15, -0.1) is 0 Å². The van der Waals surface area contributed by atoms with Gasteiger partial charge in [-0.05, 0) is 49.8 Å². The standard InChI is InChI=1S/C18H25NO4/c1-13(2)8-9-15-6-4-10-19(15)18(22)14-5-3-7-16(11-14)23-12-17(20)21/h3,5,7,11,13,15H,4,6,8-10,12H2,1-2H3,(H,20,21). The fourth-order valence-electron chi connectivity index (χ4n) is 2.96. The molecule has 23 heavy (non-hydrogen) atoms. The lowest BCUT2D eigenvalue weighted by Gasteiger charge is -2.25.